The molecule has 0 bridgehead atoms. The van der Waals surface area contributed by atoms with Crippen molar-refractivity contribution >= 4 is 5.57 Å². The van der Waals surface area contributed by atoms with Crippen LogP contribution in [0, 0.1) is 0 Å². The fourth-order valence-corrected chi connectivity index (χ4v) is 4.29. The van der Waals surface area contributed by atoms with Crippen LogP contribution in [-0.2, 0) is 24.7 Å². The molecule has 0 nitrogen and oxygen atoms in total. The number of fused-ring (bicyclic) bond motifs is 1. The Balaban J connectivity index is 0.000001000. The Hall–Kier alpha value is -0.357. The third-order valence-electron chi connectivity index (χ3n) is 3.72. The van der Waals surface area contributed by atoms with Crippen molar-refractivity contribution in [1.82, 2.24) is 0 Å². The summed E-state index contributed by atoms with van der Waals surface area (Å²) in [4.78, 5) is 0. The number of allylic oxidation sites excluding steroid dienone is 7. The topological polar surface area (TPSA) is 0 Å². The number of hydrogen-bond donors (Lipinski definition) is 0. The Morgan fingerprint density at radius 3 is 2.65 bits per heavy atom. The molecule has 20 heavy (non-hydrogen) atoms. The molecule has 2 aliphatic carbocycles. The minimum atomic E-state index is 0. The van der Waals surface area contributed by atoms with Crippen molar-refractivity contribution in [2.24, 2.45) is 0 Å². The number of rotatable bonds is 3. The molecule has 101 valence electrons. The van der Waals surface area contributed by atoms with Crippen LogP contribution in [0.5, 0.6) is 0 Å². The van der Waals surface area contributed by atoms with Gasteiger partial charge >= 0.3 is 124 Å². The molecule has 1 atom stereocenters. The van der Waals surface area contributed by atoms with Gasteiger partial charge < -0.3 is 24.8 Å². The number of halogens is 2. The van der Waals surface area contributed by atoms with E-state index in [1.54, 1.807) is 3.28 Å². The van der Waals surface area contributed by atoms with Crippen molar-refractivity contribution in [2.45, 2.75) is 18.8 Å². The molecular weight excluding hydrogens is 366 g/mol. The first-order valence-electron chi connectivity index (χ1n) is 6.35. The maximum absolute atomic E-state index is 3.91. The van der Waals surface area contributed by atoms with Gasteiger partial charge in [-0.25, -0.2) is 0 Å². The molecule has 1 aromatic rings. The Morgan fingerprint density at radius 2 is 2.00 bits per heavy atom. The van der Waals surface area contributed by atoms with Crippen LogP contribution in [-0.4, -0.2) is 0 Å². The molecule has 1 unspecified atom stereocenters. The predicted molar refractivity (Wildman–Crippen MR) is 72.8 cm³/mol. The zero-order valence-corrected chi connectivity index (χ0v) is 15.0. The standard InChI is InChI=1S/C17H15.2ClH.Zr/c1-2-7-14-12-17(13-8-3-4-9-13)16-11-6-5-10-15(14)16;;;/h2-6,8,10-11,14H,1,7,9H2;2*1H;/q;;;+2/p-2. The van der Waals surface area contributed by atoms with E-state index in [9.17, 15) is 0 Å². The monoisotopic (exact) mass is 379 g/mol. The predicted octanol–water partition coefficient (Wildman–Crippen LogP) is -1.49. The molecule has 0 heterocycles. The van der Waals surface area contributed by atoms with E-state index >= 15 is 0 Å². The maximum atomic E-state index is 3.91. The quantitative estimate of drug-likeness (QED) is 0.560. The molecular formula is C17H15Cl2Zr. The summed E-state index contributed by atoms with van der Waals surface area (Å²) in [5.41, 5.74) is 5.94. The largest absolute Gasteiger partial charge is 1.00 e. The summed E-state index contributed by atoms with van der Waals surface area (Å²) in [6.07, 6.45) is 10.9. The second kappa shape index (κ2) is 7.59. The van der Waals surface area contributed by atoms with Gasteiger partial charge in [-0.05, 0) is 0 Å². The maximum Gasteiger partial charge on any atom is -1.00 e. The molecule has 0 saturated heterocycles. The van der Waals surface area contributed by atoms with E-state index in [1.807, 2.05) is 0 Å². The van der Waals surface area contributed by atoms with E-state index in [4.69, 9.17) is 0 Å². The zero-order chi connectivity index (χ0) is 12.5. The van der Waals surface area contributed by atoms with Gasteiger partial charge in [0.2, 0.25) is 0 Å². The molecule has 0 amide bonds. The summed E-state index contributed by atoms with van der Waals surface area (Å²) in [6.45, 7) is 3.91. The summed E-state index contributed by atoms with van der Waals surface area (Å²) in [5, 5.41) is 0. The average Bonchev–Trinajstić information content (AvgIpc) is 2.98. The summed E-state index contributed by atoms with van der Waals surface area (Å²) >= 11 is 1.54. The Labute approximate surface area is 148 Å². The fraction of sp³-hybridized carbons (Fsp3) is 0.176. The third-order valence-corrected chi connectivity index (χ3v) is 5.19. The van der Waals surface area contributed by atoms with Crippen molar-refractivity contribution in [3.05, 3.63) is 75.1 Å². The van der Waals surface area contributed by atoms with Crippen molar-refractivity contribution in [2.75, 3.05) is 0 Å². The van der Waals surface area contributed by atoms with Crippen LogP contribution in [0.3, 0.4) is 0 Å². The van der Waals surface area contributed by atoms with E-state index in [0.29, 0.717) is 5.92 Å². The normalized spacial score (nSPS) is 19.1. The van der Waals surface area contributed by atoms with E-state index < -0.39 is 0 Å². The van der Waals surface area contributed by atoms with Crippen molar-refractivity contribution < 1.29 is 49.5 Å². The van der Waals surface area contributed by atoms with Gasteiger partial charge in [0.1, 0.15) is 0 Å². The summed E-state index contributed by atoms with van der Waals surface area (Å²) in [5.74, 6) is 0.563. The van der Waals surface area contributed by atoms with Crippen LogP contribution < -0.4 is 24.8 Å². The SMILES string of the molecule is C=CCC1[C]([Zr+2])=C(C2=CC=CC2)c2ccccc21.[Cl-].[Cl-]. The first-order chi connectivity index (χ1) is 8.83. The molecule has 2 aliphatic rings. The van der Waals surface area contributed by atoms with Crippen LogP contribution >= 0.6 is 0 Å². The van der Waals surface area contributed by atoms with E-state index in [0.717, 1.165) is 12.8 Å². The van der Waals surface area contributed by atoms with Gasteiger partial charge in [-0.15, -0.1) is 0 Å². The summed E-state index contributed by atoms with van der Waals surface area (Å²) < 4.78 is 1.60. The molecule has 0 spiro atoms. The van der Waals surface area contributed by atoms with Crippen molar-refractivity contribution in [3.8, 4) is 0 Å². The van der Waals surface area contributed by atoms with Crippen LogP contribution in [0.25, 0.3) is 5.57 Å². The van der Waals surface area contributed by atoms with Gasteiger partial charge in [0.05, 0.1) is 0 Å². The number of hydrogen-bond acceptors (Lipinski definition) is 0. The minimum Gasteiger partial charge on any atom is -1.00 e. The molecule has 0 N–H and O–H groups in total. The van der Waals surface area contributed by atoms with E-state index in [-0.39, 0.29) is 24.8 Å². The van der Waals surface area contributed by atoms with Crippen molar-refractivity contribution in [1.29, 1.82) is 0 Å². The Kier molecular flexibility index (Phi) is 6.72. The minimum absolute atomic E-state index is 0. The summed E-state index contributed by atoms with van der Waals surface area (Å²) in [7, 11) is 0. The van der Waals surface area contributed by atoms with Gasteiger partial charge in [0.15, 0.2) is 0 Å². The second-order valence-corrected chi connectivity index (χ2v) is 6.10. The van der Waals surface area contributed by atoms with Crippen LogP contribution in [0.4, 0.5) is 0 Å². The molecule has 0 aromatic heterocycles. The number of benzene rings is 1. The van der Waals surface area contributed by atoms with Gasteiger partial charge in [-0.1, -0.05) is 0 Å². The molecule has 3 rings (SSSR count). The van der Waals surface area contributed by atoms with Gasteiger partial charge in [0.25, 0.3) is 0 Å². The average molecular weight is 381 g/mol. The Morgan fingerprint density at radius 1 is 1.25 bits per heavy atom. The second-order valence-electron chi connectivity index (χ2n) is 4.78. The Bertz CT molecular complexity index is 597. The van der Waals surface area contributed by atoms with Crippen LogP contribution in [0.1, 0.15) is 29.9 Å². The van der Waals surface area contributed by atoms with Gasteiger partial charge in [0, 0.05) is 0 Å². The van der Waals surface area contributed by atoms with Gasteiger partial charge in [-0.3, -0.25) is 0 Å². The van der Waals surface area contributed by atoms with Crippen LogP contribution in [0.2, 0.25) is 0 Å². The van der Waals surface area contributed by atoms with Crippen LogP contribution in [0.15, 0.2) is 64.0 Å². The summed E-state index contributed by atoms with van der Waals surface area (Å²) in [6, 6.07) is 8.87. The fourth-order valence-electron chi connectivity index (χ4n) is 2.89. The van der Waals surface area contributed by atoms with Crippen molar-refractivity contribution in [3.63, 3.8) is 0 Å². The molecule has 0 aliphatic heterocycles. The first kappa shape index (κ1) is 17.7. The molecule has 3 heteroatoms. The first-order valence-corrected chi connectivity index (χ1v) is 7.58. The van der Waals surface area contributed by atoms with E-state index in [2.05, 4.69) is 55.1 Å². The van der Waals surface area contributed by atoms with Gasteiger partial charge in [-0.2, -0.15) is 0 Å². The zero-order valence-electron chi connectivity index (χ0n) is 11.1. The molecule has 1 aromatic carbocycles. The molecule has 0 fully saturated rings. The van der Waals surface area contributed by atoms with E-state index in [1.165, 1.54) is 47.0 Å². The molecule has 0 radical (unpaired) electrons. The smallest absolute Gasteiger partial charge is 1.00 e. The molecule has 0 saturated carbocycles. The third kappa shape index (κ3) is 2.96.